The van der Waals surface area contributed by atoms with Crippen molar-refractivity contribution in [1.29, 1.82) is 0 Å². The minimum absolute atomic E-state index is 0.00268. The summed E-state index contributed by atoms with van der Waals surface area (Å²) in [6.45, 7) is 2.11. The first-order chi connectivity index (χ1) is 13.8. The second-order valence-electron chi connectivity index (χ2n) is 6.27. The number of sulfonamides is 1. The Balaban J connectivity index is 1.89. The Morgan fingerprint density at radius 1 is 0.966 bits per heavy atom. The van der Waals surface area contributed by atoms with Gasteiger partial charge in [0, 0.05) is 19.5 Å². The third-order valence-electron chi connectivity index (χ3n) is 4.19. The Morgan fingerprint density at radius 3 is 2.07 bits per heavy atom. The molecular weight excluding hydrogens is 396 g/mol. The van der Waals surface area contributed by atoms with Gasteiger partial charge in [-0.25, -0.2) is 13.1 Å². The molecule has 0 saturated heterocycles. The van der Waals surface area contributed by atoms with Crippen molar-refractivity contribution in [1.82, 2.24) is 10.0 Å². The average Bonchev–Trinajstić information content (AvgIpc) is 2.71. The zero-order valence-corrected chi connectivity index (χ0v) is 17.8. The molecular formula is C20H26N2O6S. The fourth-order valence-corrected chi connectivity index (χ4v) is 3.66. The van der Waals surface area contributed by atoms with Crippen LogP contribution >= 0.6 is 0 Å². The first kappa shape index (κ1) is 22.5. The van der Waals surface area contributed by atoms with E-state index in [1.807, 2.05) is 6.92 Å². The van der Waals surface area contributed by atoms with Gasteiger partial charge in [-0.3, -0.25) is 4.79 Å². The molecule has 0 aliphatic heterocycles. The van der Waals surface area contributed by atoms with Gasteiger partial charge in [-0.15, -0.1) is 0 Å². The van der Waals surface area contributed by atoms with Crippen LogP contribution in [0.5, 0.6) is 17.2 Å². The van der Waals surface area contributed by atoms with Crippen LogP contribution in [0.4, 0.5) is 0 Å². The van der Waals surface area contributed by atoms with E-state index in [0.717, 1.165) is 11.1 Å². The van der Waals surface area contributed by atoms with Crippen LogP contribution in [0.15, 0.2) is 41.3 Å². The Bertz CT molecular complexity index is 917. The van der Waals surface area contributed by atoms with Gasteiger partial charge in [-0.2, -0.15) is 0 Å². The molecule has 9 heteroatoms. The van der Waals surface area contributed by atoms with Crippen molar-refractivity contribution in [3.63, 3.8) is 0 Å². The van der Waals surface area contributed by atoms with Crippen molar-refractivity contribution in [2.75, 3.05) is 27.9 Å². The normalized spacial score (nSPS) is 11.0. The fraction of sp³-hybridized carbons (Fsp3) is 0.350. The van der Waals surface area contributed by atoms with Gasteiger partial charge in [-0.1, -0.05) is 17.7 Å². The molecule has 2 aromatic rings. The van der Waals surface area contributed by atoms with Crippen molar-refractivity contribution in [3.8, 4) is 17.2 Å². The molecule has 0 heterocycles. The zero-order chi connectivity index (χ0) is 21.4. The maximum absolute atomic E-state index is 12.2. The zero-order valence-electron chi connectivity index (χ0n) is 16.9. The highest BCUT2D eigenvalue weighted by molar-refractivity contribution is 7.89. The molecule has 0 radical (unpaired) electrons. The molecule has 2 aromatic carbocycles. The van der Waals surface area contributed by atoms with E-state index in [0.29, 0.717) is 17.2 Å². The molecule has 0 saturated carbocycles. The van der Waals surface area contributed by atoms with Gasteiger partial charge in [0.25, 0.3) is 0 Å². The van der Waals surface area contributed by atoms with E-state index in [9.17, 15) is 13.2 Å². The summed E-state index contributed by atoms with van der Waals surface area (Å²) >= 11 is 0. The first-order valence-corrected chi connectivity index (χ1v) is 10.4. The number of hydrogen-bond acceptors (Lipinski definition) is 6. The van der Waals surface area contributed by atoms with Crippen LogP contribution in [0, 0.1) is 6.92 Å². The van der Waals surface area contributed by atoms with E-state index < -0.39 is 10.0 Å². The number of nitrogens with one attached hydrogen (secondary N) is 2. The van der Waals surface area contributed by atoms with Crippen LogP contribution in [-0.4, -0.2) is 42.2 Å². The molecule has 0 fully saturated rings. The van der Waals surface area contributed by atoms with Gasteiger partial charge < -0.3 is 19.5 Å². The smallest absolute Gasteiger partial charge is 0.240 e. The summed E-state index contributed by atoms with van der Waals surface area (Å²) in [6, 6.07) is 9.98. The standard InChI is InChI=1S/C20H26N2O6S/c1-14-5-7-16(8-6-14)29(24,25)22-10-9-19(23)21-13-15-11-17(26-2)20(28-4)18(12-15)27-3/h5-8,11-12,22H,9-10,13H2,1-4H3,(H,21,23). The monoisotopic (exact) mass is 422 g/mol. The Labute approximate surface area is 171 Å². The van der Waals surface area contributed by atoms with Crippen LogP contribution in [0.2, 0.25) is 0 Å². The van der Waals surface area contributed by atoms with Crippen LogP contribution in [-0.2, 0) is 21.4 Å². The number of amides is 1. The maximum Gasteiger partial charge on any atom is 0.240 e. The van der Waals surface area contributed by atoms with Crippen LogP contribution in [0.1, 0.15) is 17.5 Å². The lowest BCUT2D eigenvalue weighted by Crippen LogP contribution is -2.30. The summed E-state index contributed by atoms with van der Waals surface area (Å²) < 4.78 is 42.7. The maximum atomic E-state index is 12.2. The third-order valence-corrected chi connectivity index (χ3v) is 5.67. The largest absolute Gasteiger partial charge is 0.493 e. The van der Waals surface area contributed by atoms with Crippen LogP contribution < -0.4 is 24.2 Å². The van der Waals surface area contributed by atoms with E-state index in [4.69, 9.17) is 14.2 Å². The topological polar surface area (TPSA) is 103 Å². The highest BCUT2D eigenvalue weighted by Crippen LogP contribution is 2.38. The molecule has 0 spiro atoms. The first-order valence-electron chi connectivity index (χ1n) is 8.92. The van der Waals surface area contributed by atoms with Gasteiger partial charge >= 0.3 is 0 Å². The molecule has 0 unspecified atom stereocenters. The fourth-order valence-electron chi connectivity index (χ4n) is 2.63. The minimum atomic E-state index is -3.64. The van der Waals surface area contributed by atoms with Gasteiger partial charge in [0.05, 0.1) is 26.2 Å². The number of methoxy groups -OCH3 is 3. The second-order valence-corrected chi connectivity index (χ2v) is 8.04. The van der Waals surface area contributed by atoms with Crippen molar-refractivity contribution < 1.29 is 27.4 Å². The van der Waals surface area contributed by atoms with Crippen molar-refractivity contribution in [2.45, 2.75) is 24.8 Å². The SMILES string of the molecule is COc1cc(CNC(=O)CCNS(=O)(=O)c2ccc(C)cc2)cc(OC)c1OC. The molecule has 2 N–H and O–H groups in total. The third kappa shape index (κ3) is 6.10. The van der Waals surface area contributed by atoms with Crippen molar-refractivity contribution in [2.24, 2.45) is 0 Å². The molecule has 0 bridgehead atoms. The highest BCUT2D eigenvalue weighted by atomic mass is 32.2. The Morgan fingerprint density at radius 2 is 1.55 bits per heavy atom. The van der Waals surface area contributed by atoms with Crippen molar-refractivity contribution in [3.05, 3.63) is 47.5 Å². The predicted molar refractivity (Wildman–Crippen MR) is 109 cm³/mol. The van der Waals surface area contributed by atoms with E-state index in [1.165, 1.54) is 33.5 Å². The van der Waals surface area contributed by atoms with Gasteiger partial charge in [0.15, 0.2) is 11.5 Å². The molecule has 0 aliphatic carbocycles. The molecule has 29 heavy (non-hydrogen) atoms. The number of carbonyl (C=O) groups excluding carboxylic acids is 1. The van der Waals surface area contributed by atoms with Gasteiger partial charge in [0.2, 0.25) is 21.7 Å². The number of rotatable bonds is 10. The summed E-state index contributed by atoms with van der Waals surface area (Å²) in [7, 11) is 0.898. The number of hydrogen-bond donors (Lipinski definition) is 2. The highest BCUT2D eigenvalue weighted by Gasteiger charge is 2.15. The average molecular weight is 423 g/mol. The summed E-state index contributed by atoms with van der Waals surface area (Å²) in [6.07, 6.45) is 0.00944. The number of carbonyl (C=O) groups is 1. The van der Waals surface area contributed by atoms with Crippen molar-refractivity contribution >= 4 is 15.9 Å². The van der Waals surface area contributed by atoms with E-state index in [1.54, 1.807) is 24.3 Å². The number of benzene rings is 2. The number of ether oxygens (including phenoxy) is 3. The second kappa shape index (κ2) is 10.1. The summed E-state index contributed by atoms with van der Waals surface area (Å²) in [5.41, 5.74) is 1.73. The predicted octanol–water partition coefficient (Wildman–Crippen LogP) is 2.01. The molecule has 8 nitrogen and oxygen atoms in total. The summed E-state index contributed by atoms with van der Waals surface area (Å²) in [5, 5.41) is 2.75. The lowest BCUT2D eigenvalue weighted by atomic mass is 10.1. The van der Waals surface area contributed by atoms with Crippen LogP contribution in [0.3, 0.4) is 0 Å². The van der Waals surface area contributed by atoms with E-state index in [2.05, 4.69) is 10.0 Å². The lowest BCUT2D eigenvalue weighted by molar-refractivity contribution is -0.121. The minimum Gasteiger partial charge on any atom is -0.493 e. The quantitative estimate of drug-likeness (QED) is 0.607. The van der Waals surface area contributed by atoms with Crippen LogP contribution in [0.25, 0.3) is 0 Å². The molecule has 1 amide bonds. The molecule has 0 aromatic heterocycles. The number of aryl methyl sites for hydroxylation is 1. The Kier molecular flexibility index (Phi) is 7.86. The lowest BCUT2D eigenvalue weighted by Gasteiger charge is -2.14. The summed E-state index contributed by atoms with van der Waals surface area (Å²) in [4.78, 5) is 12.2. The van der Waals surface area contributed by atoms with E-state index in [-0.39, 0.29) is 30.3 Å². The van der Waals surface area contributed by atoms with Gasteiger partial charge in [-0.05, 0) is 36.8 Å². The molecule has 2 rings (SSSR count). The molecule has 158 valence electrons. The molecule has 0 atom stereocenters. The molecule has 0 aliphatic rings. The van der Waals surface area contributed by atoms with Gasteiger partial charge in [0.1, 0.15) is 0 Å². The van der Waals surface area contributed by atoms with E-state index >= 15 is 0 Å². The Hall–Kier alpha value is -2.78. The summed E-state index contributed by atoms with van der Waals surface area (Å²) in [5.74, 6) is 1.16.